The van der Waals surface area contributed by atoms with Crippen molar-refractivity contribution in [1.82, 2.24) is 4.90 Å². The van der Waals surface area contributed by atoms with E-state index in [1.165, 1.54) is 43.4 Å². The maximum atomic E-state index is 12.4. The van der Waals surface area contributed by atoms with Gasteiger partial charge in [-0.15, -0.1) is 11.3 Å². The average molecular weight is 286 g/mol. The van der Waals surface area contributed by atoms with Gasteiger partial charge in [0.15, 0.2) is 5.78 Å². The molecule has 0 aromatic carbocycles. The number of carbonyl (C=O) groups is 1. The summed E-state index contributed by atoms with van der Waals surface area (Å²) in [5.41, 5.74) is 0. The number of Topliss-reactive ketones (excluding diaryl/α,β-unsaturated/α-hetero) is 1. The fourth-order valence-corrected chi connectivity index (χ4v) is 3.54. The Morgan fingerprint density at radius 2 is 1.83 bits per heavy atom. The number of rotatable bonds is 3. The van der Waals surface area contributed by atoms with Crippen molar-refractivity contribution in [3.63, 3.8) is 0 Å². The number of thiophene rings is 1. The molecule has 1 aliphatic rings. The lowest BCUT2D eigenvalue weighted by Gasteiger charge is -2.29. The molecule has 2 rings (SSSR count). The predicted molar refractivity (Wildman–Crippen MR) is 77.8 cm³/mol. The van der Waals surface area contributed by atoms with Crippen molar-refractivity contribution in [3.05, 3.63) is 21.3 Å². The van der Waals surface area contributed by atoms with Gasteiger partial charge in [0, 0.05) is 0 Å². The zero-order valence-corrected chi connectivity index (χ0v) is 12.4. The summed E-state index contributed by atoms with van der Waals surface area (Å²) in [7, 11) is 0. The van der Waals surface area contributed by atoms with Crippen LogP contribution in [0.1, 0.15) is 48.7 Å². The molecule has 1 atom stereocenters. The Kier molecular flexibility index (Phi) is 5.22. The second-order valence-corrected chi connectivity index (χ2v) is 6.66. The molecule has 0 bridgehead atoms. The fourth-order valence-electron chi connectivity index (χ4n) is 2.48. The van der Waals surface area contributed by atoms with Gasteiger partial charge in [0.1, 0.15) is 0 Å². The molecule has 0 radical (unpaired) electrons. The summed E-state index contributed by atoms with van der Waals surface area (Å²) >= 11 is 7.28. The Labute approximate surface area is 118 Å². The first kappa shape index (κ1) is 14.0. The third-order valence-corrected chi connectivity index (χ3v) is 4.88. The molecule has 1 aromatic heterocycles. The van der Waals surface area contributed by atoms with Crippen LogP contribution in [0.3, 0.4) is 0 Å². The summed E-state index contributed by atoms with van der Waals surface area (Å²) in [5, 5.41) is 0. The third-order valence-electron chi connectivity index (χ3n) is 3.63. The van der Waals surface area contributed by atoms with E-state index in [0.29, 0.717) is 4.34 Å². The van der Waals surface area contributed by atoms with Gasteiger partial charge in [0.25, 0.3) is 0 Å². The maximum absolute atomic E-state index is 12.4. The monoisotopic (exact) mass is 285 g/mol. The molecule has 0 aliphatic carbocycles. The van der Waals surface area contributed by atoms with Gasteiger partial charge in [0.2, 0.25) is 0 Å². The Morgan fingerprint density at radius 3 is 2.39 bits per heavy atom. The lowest BCUT2D eigenvalue weighted by atomic mass is 10.1. The van der Waals surface area contributed by atoms with Gasteiger partial charge in [0.05, 0.1) is 15.3 Å². The van der Waals surface area contributed by atoms with Crippen LogP contribution in [0.5, 0.6) is 0 Å². The van der Waals surface area contributed by atoms with Gasteiger partial charge in [-0.3, -0.25) is 9.69 Å². The number of ketones is 1. The molecule has 0 N–H and O–H groups in total. The van der Waals surface area contributed by atoms with Crippen molar-refractivity contribution < 1.29 is 4.79 Å². The van der Waals surface area contributed by atoms with E-state index in [-0.39, 0.29) is 11.8 Å². The first-order valence-corrected chi connectivity index (χ1v) is 7.91. The summed E-state index contributed by atoms with van der Waals surface area (Å²) in [6, 6.07) is 3.63. The number of hydrogen-bond acceptors (Lipinski definition) is 3. The van der Waals surface area contributed by atoms with E-state index < -0.39 is 0 Å². The van der Waals surface area contributed by atoms with Crippen LogP contribution in [0.2, 0.25) is 4.34 Å². The quantitative estimate of drug-likeness (QED) is 0.774. The minimum Gasteiger partial charge on any atom is -0.293 e. The minimum absolute atomic E-state index is 0.0159. The van der Waals surface area contributed by atoms with Crippen LogP contribution >= 0.6 is 22.9 Å². The summed E-state index contributed by atoms with van der Waals surface area (Å²) < 4.78 is 0.693. The lowest BCUT2D eigenvalue weighted by molar-refractivity contribution is 0.0830. The molecule has 100 valence electrons. The molecule has 0 amide bonds. The zero-order chi connectivity index (χ0) is 13.0. The number of nitrogens with zero attached hydrogens (tertiary/aromatic N) is 1. The molecule has 1 aromatic rings. The summed E-state index contributed by atoms with van der Waals surface area (Å²) in [6.07, 6.45) is 6.35. The van der Waals surface area contributed by atoms with Crippen molar-refractivity contribution in [1.29, 1.82) is 0 Å². The molecule has 0 spiro atoms. The highest BCUT2D eigenvalue weighted by atomic mass is 35.5. The Morgan fingerprint density at radius 1 is 1.22 bits per heavy atom. The highest BCUT2D eigenvalue weighted by Gasteiger charge is 2.23. The standard InChI is InChI=1S/C14H20ClNOS/c1-11(14(17)12-7-8-13(15)18-12)16-9-5-3-2-4-6-10-16/h7-8,11H,2-6,9-10H2,1H3. The summed E-state index contributed by atoms with van der Waals surface area (Å²) in [6.45, 7) is 4.12. The number of carbonyl (C=O) groups excluding carboxylic acids is 1. The van der Waals surface area contributed by atoms with Crippen LogP contribution < -0.4 is 0 Å². The Hall–Kier alpha value is -0.380. The predicted octanol–water partition coefficient (Wildman–Crippen LogP) is 4.24. The highest BCUT2D eigenvalue weighted by molar-refractivity contribution is 7.18. The summed E-state index contributed by atoms with van der Waals surface area (Å²) in [4.78, 5) is 15.5. The van der Waals surface area contributed by atoms with Crippen LogP contribution in [0.15, 0.2) is 12.1 Å². The first-order chi connectivity index (χ1) is 8.68. The minimum atomic E-state index is -0.0159. The van der Waals surface area contributed by atoms with Crippen molar-refractivity contribution in [2.24, 2.45) is 0 Å². The van der Waals surface area contributed by atoms with Crippen LogP contribution in [0, 0.1) is 0 Å². The van der Waals surface area contributed by atoms with E-state index >= 15 is 0 Å². The molecule has 1 saturated heterocycles. The number of likely N-dealkylation sites (tertiary alicyclic amines) is 1. The van der Waals surface area contributed by atoms with Gasteiger partial charge in [-0.1, -0.05) is 30.9 Å². The Balaban J connectivity index is 2.00. The molecule has 2 nitrogen and oxygen atoms in total. The lowest BCUT2D eigenvalue weighted by Crippen LogP contribution is -2.40. The molecule has 1 fully saturated rings. The van der Waals surface area contributed by atoms with Gasteiger partial charge >= 0.3 is 0 Å². The normalized spacial score (nSPS) is 20.1. The van der Waals surface area contributed by atoms with E-state index in [2.05, 4.69) is 4.90 Å². The van der Waals surface area contributed by atoms with Crippen LogP contribution in [0.4, 0.5) is 0 Å². The number of halogens is 1. The summed E-state index contributed by atoms with van der Waals surface area (Å²) in [5.74, 6) is 0.215. The topological polar surface area (TPSA) is 20.3 Å². The second-order valence-electron chi connectivity index (χ2n) is 4.95. The van der Waals surface area contributed by atoms with Gasteiger partial charge in [-0.05, 0) is 45.0 Å². The third kappa shape index (κ3) is 3.56. The van der Waals surface area contributed by atoms with E-state index in [0.717, 1.165) is 18.0 Å². The maximum Gasteiger partial charge on any atom is 0.189 e. The van der Waals surface area contributed by atoms with Crippen molar-refractivity contribution >= 4 is 28.7 Å². The van der Waals surface area contributed by atoms with Crippen molar-refractivity contribution in [3.8, 4) is 0 Å². The van der Waals surface area contributed by atoms with Crippen LogP contribution in [-0.4, -0.2) is 29.8 Å². The smallest absolute Gasteiger partial charge is 0.189 e. The van der Waals surface area contributed by atoms with E-state index in [1.807, 2.05) is 13.0 Å². The van der Waals surface area contributed by atoms with Gasteiger partial charge in [-0.2, -0.15) is 0 Å². The SMILES string of the molecule is CC(C(=O)c1ccc(Cl)s1)N1CCCCCCC1. The number of hydrogen-bond donors (Lipinski definition) is 0. The van der Waals surface area contributed by atoms with Gasteiger partial charge < -0.3 is 0 Å². The van der Waals surface area contributed by atoms with E-state index in [4.69, 9.17) is 11.6 Å². The fraction of sp³-hybridized carbons (Fsp3) is 0.643. The highest BCUT2D eigenvalue weighted by Crippen LogP contribution is 2.24. The molecular formula is C14H20ClNOS. The van der Waals surface area contributed by atoms with Crippen molar-refractivity contribution in [2.45, 2.75) is 45.1 Å². The molecule has 2 heterocycles. The first-order valence-electron chi connectivity index (χ1n) is 6.72. The van der Waals surface area contributed by atoms with E-state index in [1.54, 1.807) is 6.07 Å². The largest absolute Gasteiger partial charge is 0.293 e. The molecule has 1 unspecified atom stereocenters. The van der Waals surface area contributed by atoms with Crippen LogP contribution in [-0.2, 0) is 0 Å². The average Bonchev–Trinajstić information content (AvgIpc) is 2.74. The molecule has 0 saturated carbocycles. The molecule has 1 aliphatic heterocycles. The van der Waals surface area contributed by atoms with Crippen molar-refractivity contribution in [2.75, 3.05) is 13.1 Å². The second kappa shape index (κ2) is 6.69. The molecule has 18 heavy (non-hydrogen) atoms. The van der Waals surface area contributed by atoms with Crippen LogP contribution in [0.25, 0.3) is 0 Å². The zero-order valence-electron chi connectivity index (χ0n) is 10.8. The van der Waals surface area contributed by atoms with Gasteiger partial charge in [-0.25, -0.2) is 0 Å². The van der Waals surface area contributed by atoms with E-state index in [9.17, 15) is 4.79 Å². The Bertz CT molecular complexity index is 396. The molecule has 4 heteroatoms. The molecular weight excluding hydrogens is 266 g/mol.